The predicted molar refractivity (Wildman–Crippen MR) is 77.7 cm³/mol. The number of hydrogen-bond acceptors (Lipinski definition) is 4. The smallest absolute Gasteiger partial charge is 0.0708 e. The molecule has 0 spiro atoms. The summed E-state index contributed by atoms with van der Waals surface area (Å²) in [4.78, 5) is 4.56. The number of rotatable bonds is 6. The molecule has 1 unspecified atom stereocenters. The van der Waals surface area contributed by atoms with Crippen molar-refractivity contribution in [1.82, 2.24) is 10.4 Å². The van der Waals surface area contributed by atoms with E-state index in [4.69, 9.17) is 10.6 Å². The Kier molecular flexibility index (Phi) is 4.85. The minimum Gasteiger partial charge on any atom is -0.385 e. The van der Waals surface area contributed by atoms with Gasteiger partial charge in [0.15, 0.2) is 0 Å². The first-order chi connectivity index (χ1) is 9.26. The van der Waals surface area contributed by atoms with Crippen LogP contribution in [0.15, 0.2) is 30.3 Å². The third-order valence-electron chi connectivity index (χ3n) is 3.29. The van der Waals surface area contributed by atoms with Crippen LogP contribution in [0.4, 0.5) is 0 Å². The van der Waals surface area contributed by atoms with Crippen LogP contribution in [0.2, 0.25) is 0 Å². The Morgan fingerprint density at radius 3 is 2.89 bits per heavy atom. The van der Waals surface area contributed by atoms with Crippen molar-refractivity contribution in [2.45, 2.75) is 25.8 Å². The van der Waals surface area contributed by atoms with Gasteiger partial charge in [0, 0.05) is 30.8 Å². The van der Waals surface area contributed by atoms with E-state index in [9.17, 15) is 0 Å². The zero-order valence-corrected chi connectivity index (χ0v) is 11.5. The maximum Gasteiger partial charge on any atom is 0.0708 e. The summed E-state index contributed by atoms with van der Waals surface area (Å²) in [5.74, 6) is 5.72. The molecule has 0 aliphatic carbocycles. The highest BCUT2D eigenvalue weighted by Gasteiger charge is 2.13. The predicted octanol–water partition coefficient (Wildman–Crippen LogP) is 2.47. The molecule has 0 bridgehead atoms. The van der Waals surface area contributed by atoms with Crippen molar-refractivity contribution in [3.63, 3.8) is 0 Å². The van der Waals surface area contributed by atoms with Crippen LogP contribution in [0.25, 0.3) is 10.9 Å². The molecule has 4 nitrogen and oxygen atoms in total. The molecule has 1 atom stereocenters. The first-order valence-electron chi connectivity index (χ1n) is 6.57. The number of para-hydroxylation sites is 1. The fraction of sp³-hybridized carbons (Fsp3) is 0.400. The fourth-order valence-corrected chi connectivity index (χ4v) is 2.39. The summed E-state index contributed by atoms with van der Waals surface area (Å²) in [5, 5.41) is 1.16. The molecule has 0 aliphatic heterocycles. The van der Waals surface area contributed by atoms with E-state index in [-0.39, 0.29) is 6.04 Å². The van der Waals surface area contributed by atoms with E-state index in [1.165, 1.54) is 5.56 Å². The van der Waals surface area contributed by atoms with Crippen molar-refractivity contribution in [2.75, 3.05) is 13.7 Å². The third kappa shape index (κ3) is 3.29. The Balaban J connectivity index is 2.35. The minimum atomic E-state index is 0.127. The number of aryl methyl sites for hydroxylation is 1. The first kappa shape index (κ1) is 13.9. The number of ether oxygens (including phenoxy) is 1. The highest BCUT2D eigenvalue weighted by atomic mass is 16.5. The number of hydrogen-bond donors (Lipinski definition) is 2. The lowest BCUT2D eigenvalue weighted by Crippen LogP contribution is -2.28. The molecule has 0 amide bonds. The van der Waals surface area contributed by atoms with Gasteiger partial charge in [0.1, 0.15) is 0 Å². The van der Waals surface area contributed by atoms with Crippen molar-refractivity contribution >= 4 is 10.9 Å². The van der Waals surface area contributed by atoms with E-state index in [1.807, 2.05) is 25.1 Å². The van der Waals surface area contributed by atoms with Gasteiger partial charge in [0.25, 0.3) is 0 Å². The molecule has 0 fully saturated rings. The number of hydrazine groups is 1. The number of nitrogens with zero attached hydrogens (tertiary/aromatic N) is 1. The van der Waals surface area contributed by atoms with Gasteiger partial charge >= 0.3 is 0 Å². The number of aromatic nitrogens is 1. The Labute approximate surface area is 113 Å². The SMILES string of the molecule is COCCCC(NN)c1cc(C)nc2ccccc12. The maximum absolute atomic E-state index is 5.72. The topological polar surface area (TPSA) is 60.2 Å². The summed E-state index contributed by atoms with van der Waals surface area (Å²) >= 11 is 0. The van der Waals surface area contributed by atoms with Crippen LogP contribution in [0.5, 0.6) is 0 Å². The quantitative estimate of drug-likeness (QED) is 0.475. The average Bonchev–Trinajstić information content (AvgIpc) is 2.43. The molecule has 1 heterocycles. The van der Waals surface area contributed by atoms with Gasteiger partial charge in [-0.1, -0.05) is 18.2 Å². The Morgan fingerprint density at radius 2 is 2.16 bits per heavy atom. The lowest BCUT2D eigenvalue weighted by molar-refractivity contribution is 0.189. The number of pyridine rings is 1. The molecule has 2 rings (SSSR count). The molecule has 102 valence electrons. The average molecular weight is 259 g/mol. The van der Waals surface area contributed by atoms with E-state index >= 15 is 0 Å². The zero-order valence-electron chi connectivity index (χ0n) is 11.5. The van der Waals surface area contributed by atoms with E-state index in [0.717, 1.165) is 36.0 Å². The van der Waals surface area contributed by atoms with Gasteiger partial charge in [-0.2, -0.15) is 0 Å². The number of methoxy groups -OCH3 is 1. The minimum absolute atomic E-state index is 0.127. The fourth-order valence-electron chi connectivity index (χ4n) is 2.39. The Morgan fingerprint density at radius 1 is 1.37 bits per heavy atom. The summed E-state index contributed by atoms with van der Waals surface area (Å²) in [6.45, 7) is 2.76. The molecule has 0 aliphatic rings. The summed E-state index contributed by atoms with van der Waals surface area (Å²) < 4.78 is 5.10. The standard InChI is InChI=1S/C15H21N3O/c1-11-10-13(15(18-16)8-5-9-19-2)12-6-3-4-7-14(12)17-11/h3-4,6-7,10,15,18H,5,8-9,16H2,1-2H3. The summed E-state index contributed by atoms with van der Waals surface area (Å²) in [5.41, 5.74) is 6.16. The number of nitrogens with two attached hydrogens (primary N) is 1. The van der Waals surface area contributed by atoms with Gasteiger partial charge < -0.3 is 4.74 Å². The molecule has 1 aromatic heterocycles. The van der Waals surface area contributed by atoms with Crippen LogP contribution >= 0.6 is 0 Å². The van der Waals surface area contributed by atoms with Crippen LogP contribution < -0.4 is 11.3 Å². The van der Waals surface area contributed by atoms with Crippen molar-refractivity contribution < 1.29 is 4.74 Å². The van der Waals surface area contributed by atoms with Gasteiger partial charge in [-0.05, 0) is 37.5 Å². The number of nitrogens with one attached hydrogen (secondary N) is 1. The molecular formula is C15H21N3O. The molecule has 0 saturated carbocycles. The molecule has 3 N–H and O–H groups in total. The van der Waals surface area contributed by atoms with E-state index in [2.05, 4.69) is 22.5 Å². The van der Waals surface area contributed by atoms with Crippen LogP contribution in [-0.4, -0.2) is 18.7 Å². The largest absolute Gasteiger partial charge is 0.385 e. The normalized spacial score (nSPS) is 12.8. The maximum atomic E-state index is 5.72. The summed E-state index contributed by atoms with van der Waals surface area (Å²) in [7, 11) is 1.72. The van der Waals surface area contributed by atoms with Crippen LogP contribution in [-0.2, 0) is 4.74 Å². The number of benzene rings is 1. The molecule has 0 saturated heterocycles. The van der Waals surface area contributed by atoms with Gasteiger partial charge in [0.2, 0.25) is 0 Å². The van der Waals surface area contributed by atoms with Crippen LogP contribution in [0, 0.1) is 6.92 Å². The summed E-state index contributed by atoms with van der Waals surface area (Å²) in [6.07, 6.45) is 1.92. The van der Waals surface area contributed by atoms with Crippen molar-refractivity contribution in [3.05, 3.63) is 41.6 Å². The molecule has 4 heteroatoms. The van der Waals surface area contributed by atoms with Crippen molar-refractivity contribution in [1.29, 1.82) is 0 Å². The second-order valence-electron chi connectivity index (χ2n) is 4.72. The molecular weight excluding hydrogens is 238 g/mol. The second kappa shape index (κ2) is 6.61. The monoisotopic (exact) mass is 259 g/mol. The van der Waals surface area contributed by atoms with Crippen LogP contribution in [0.3, 0.4) is 0 Å². The zero-order chi connectivity index (χ0) is 13.7. The van der Waals surface area contributed by atoms with E-state index < -0.39 is 0 Å². The van der Waals surface area contributed by atoms with Gasteiger partial charge in [-0.3, -0.25) is 16.3 Å². The molecule has 1 aromatic carbocycles. The van der Waals surface area contributed by atoms with Crippen LogP contribution in [0.1, 0.15) is 30.1 Å². The second-order valence-corrected chi connectivity index (χ2v) is 4.72. The van der Waals surface area contributed by atoms with Gasteiger partial charge in [-0.15, -0.1) is 0 Å². The Bertz CT molecular complexity index is 542. The molecule has 2 aromatic rings. The molecule has 0 radical (unpaired) electrons. The Hall–Kier alpha value is -1.49. The third-order valence-corrected chi connectivity index (χ3v) is 3.29. The van der Waals surface area contributed by atoms with Gasteiger partial charge in [-0.25, -0.2) is 0 Å². The van der Waals surface area contributed by atoms with Crippen molar-refractivity contribution in [2.24, 2.45) is 5.84 Å². The highest BCUT2D eigenvalue weighted by molar-refractivity contribution is 5.82. The first-order valence-corrected chi connectivity index (χ1v) is 6.57. The number of fused-ring (bicyclic) bond motifs is 1. The summed E-state index contributed by atoms with van der Waals surface area (Å²) in [6, 6.07) is 10.4. The lowest BCUT2D eigenvalue weighted by Gasteiger charge is -2.18. The van der Waals surface area contributed by atoms with Crippen molar-refractivity contribution in [3.8, 4) is 0 Å². The molecule has 19 heavy (non-hydrogen) atoms. The van der Waals surface area contributed by atoms with E-state index in [0.29, 0.717) is 0 Å². The van der Waals surface area contributed by atoms with E-state index in [1.54, 1.807) is 7.11 Å². The van der Waals surface area contributed by atoms with Gasteiger partial charge in [0.05, 0.1) is 5.52 Å². The highest BCUT2D eigenvalue weighted by Crippen LogP contribution is 2.26. The lowest BCUT2D eigenvalue weighted by atomic mass is 9.98.